The fourth-order valence-electron chi connectivity index (χ4n) is 1.18. The molecule has 0 unspecified atom stereocenters. The molecule has 0 aliphatic carbocycles. The van der Waals surface area contributed by atoms with Crippen LogP contribution in [0.4, 0.5) is 0 Å². The number of carbonyl (C=O) groups excluding carboxylic acids is 1. The molecule has 6 heteroatoms. The van der Waals surface area contributed by atoms with Crippen LogP contribution < -0.4 is 10.2 Å². The van der Waals surface area contributed by atoms with Crippen molar-refractivity contribution in [3.8, 4) is 5.75 Å². The van der Waals surface area contributed by atoms with Crippen molar-refractivity contribution >= 4 is 17.6 Å². The number of carboxylic acids is 1. The molecule has 6 nitrogen and oxygen atoms in total. The largest absolute Gasteiger partial charge is 0.493 e. The van der Waals surface area contributed by atoms with E-state index in [0.29, 0.717) is 17.9 Å². The standard InChI is InChI=1S/C12H14N2O4/c1-3-18-10-7-5-4-6-9(10)11(15)14-13-8(2)12(16)17/h4-7H,3H2,1-2H3,(H,14,15)(H,16,17)/b13-8-. The van der Waals surface area contributed by atoms with Crippen LogP contribution in [0.2, 0.25) is 0 Å². The van der Waals surface area contributed by atoms with Gasteiger partial charge in [-0.25, -0.2) is 10.2 Å². The molecule has 0 spiro atoms. The fraction of sp³-hybridized carbons (Fsp3) is 0.250. The summed E-state index contributed by atoms with van der Waals surface area (Å²) in [5.74, 6) is -1.27. The summed E-state index contributed by atoms with van der Waals surface area (Å²) in [6.45, 7) is 3.53. The molecule has 0 saturated heterocycles. The molecule has 0 heterocycles. The summed E-state index contributed by atoms with van der Waals surface area (Å²) in [7, 11) is 0. The number of ether oxygens (including phenoxy) is 1. The Hall–Kier alpha value is -2.37. The monoisotopic (exact) mass is 250 g/mol. The number of hydrazone groups is 1. The highest BCUT2D eigenvalue weighted by Crippen LogP contribution is 2.17. The lowest BCUT2D eigenvalue weighted by molar-refractivity contribution is -0.129. The second-order valence-corrected chi connectivity index (χ2v) is 3.37. The molecule has 0 atom stereocenters. The van der Waals surface area contributed by atoms with Gasteiger partial charge in [-0.2, -0.15) is 5.10 Å². The van der Waals surface area contributed by atoms with Gasteiger partial charge in [-0.1, -0.05) is 12.1 Å². The van der Waals surface area contributed by atoms with Crippen LogP contribution in [-0.4, -0.2) is 29.3 Å². The highest BCUT2D eigenvalue weighted by Gasteiger charge is 2.11. The number of carbonyl (C=O) groups is 2. The molecular formula is C12H14N2O4. The number of benzene rings is 1. The van der Waals surface area contributed by atoms with Crippen LogP contribution in [0, 0.1) is 0 Å². The number of nitrogens with one attached hydrogen (secondary N) is 1. The van der Waals surface area contributed by atoms with Crippen LogP contribution in [-0.2, 0) is 4.79 Å². The third kappa shape index (κ3) is 3.58. The number of para-hydroxylation sites is 1. The van der Waals surface area contributed by atoms with Crippen molar-refractivity contribution in [1.29, 1.82) is 0 Å². The molecule has 1 aromatic carbocycles. The molecule has 1 rings (SSSR count). The Morgan fingerprint density at radius 2 is 2.06 bits per heavy atom. The van der Waals surface area contributed by atoms with Gasteiger partial charge in [-0.15, -0.1) is 0 Å². The van der Waals surface area contributed by atoms with Gasteiger partial charge in [0, 0.05) is 0 Å². The first kappa shape index (κ1) is 13.7. The highest BCUT2D eigenvalue weighted by molar-refractivity contribution is 6.34. The number of hydrogen-bond acceptors (Lipinski definition) is 4. The number of aliphatic carboxylic acids is 1. The van der Waals surface area contributed by atoms with Gasteiger partial charge >= 0.3 is 5.97 Å². The second-order valence-electron chi connectivity index (χ2n) is 3.37. The second kappa shape index (κ2) is 6.39. The molecule has 0 saturated carbocycles. The van der Waals surface area contributed by atoms with Crippen molar-refractivity contribution in [3.05, 3.63) is 29.8 Å². The van der Waals surface area contributed by atoms with Crippen molar-refractivity contribution in [2.75, 3.05) is 6.61 Å². The number of carboxylic acid groups (broad SMARTS) is 1. The summed E-state index contributed by atoms with van der Waals surface area (Å²) in [5, 5.41) is 12.1. The van der Waals surface area contributed by atoms with E-state index in [1.807, 2.05) is 0 Å². The SMILES string of the molecule is CCOc1ccccc1C(=O)N/N=C(/C)C(=O)O. The molecule has 1 amide bonds. The van der Waals surface area contributed by atoms with Crippen LogP contribution in [0.5, 0.6) is 5.75 Å². The topological polar surface area (TPSA) is 88.0 Å². The first-order chi connectivity index (χ1) is 8.56. The van der Waals surface area contributed by atoms with Crippen molar-refractivity contribution in [3.63, 3.8) is 0 Å². The van der Waals surface area contributed by atoms with Crippen LogP contribution in [0.25, 0.3) is 0 Å². The third-order valence-corrected chi connectivity index (χ3v) is 2.07. The van der Waals surface area contributed by atoms with Gasteiger partial charge in [-0.3, -0.25) is 4.79 Å². The van der Waals surface area contributed by atoms with Crippen molar-refractivity contribution in [2.45, 2.75) is 13.8 Å². The van der Waals surface area contributed by atoms with E-state index in [1.54, 1.807) is 31.2 Å². The minimum atomic E-state index is -1.19. The third-order valence-electron chi connectivity index (χ3n) is 2.07. The molecule has 0 aliphatic heterocycles. The van der Waals surface area contributed by atoms with E-state index in [2.05, 4.69) is 10.5 Å². The molecule has 0 aromatic heterocycles. The van der Waals surface area contributed by atoms with Crippen molar-refractivity contribution < 1.29 is 19.4 Å². The molecular weight excluding hydrogens is 236 g/mol. The highest BCUT2D eigenvalue weighted by atomic mass is 16.5. The van der Waals surface area contributed by atoms with E-state index < -0.39 is 11.9 Å². The van der Waals surface area contributed by atoms with Gasteiger partial charge in [0.15, 0.2) is 0 Å². The van der Waals surface area contributed by atoms with Gasteiger partial charge in [0.2, 0.25) is 0 Å². The molecule has 96 valence electrons. The maximum absolute atomic E-state index is 11.8. The van der Waals surface area contributed by atoms with Crippen molar-refractivity contribution in [1.82, 2.24) is 5.43 Å². The smallest absolute Gasteiger partial charge is 0.351 e. The van der Waals surface area contributed by atoms with Crippen molar-refractivity contribution in [2.24, 2.45) is 5.10 Å². The van der Waals surface area contributed by atoms with Crippen LogP contribution >= 0.6 is 0 Å². The average molecular weight is 250 g/mol. The van der Waals surface area contributed by atoms with Gasteiger partial charge in [0.25, 0.3) is 5.91 Å². The predicted molar refractivity (Wildman–Crippen MR) is 65.8 cm³/mol. The van der Waals surface area contributed by atoms with Gasteiger partial charge in [0.1, 0.15) is 11.5 Å². The molecule has 0 bridgehead atoms. The minimum absolute atomic E-state index is 0.197. The normalized spacial score (nSPS) is 10.9. The zero-order valence-corrected chi connectivity index (χ0v) is 10.1. The van der Waals surface area contributed by atoms with E-state index in [-0.39, 0.29) is 5.71 Å². The lowest BCUT2D eigenvalue weighted by atomic mass is 10.2. The van der Waals surface area contributed by atoms with E-state index >= 15 is 0 Å². The lowest BCUT2D eigenvalue weighted by Gasteiger charge is -2.08. The Morgan fingerprint density at radius 1 is 1.39 bits per heavy atom. The molecule has 2 N–H and O–H groups in total. The Labute approximate surface area is 104 Å². The van der Waals surface area contributed by atoms with Gasteiger partial charge in [-0.05, 0) is 26.0 Å². The fourth-order valence-corrected chi connectivity index (χ4v) is 1.18. The Morgan fingerprint density at radius 3 is 2.67 bits per heavy atom. The summed E-state index contributed by atoms with van der Waals surface area (Å²) in [5.41, 5.74) is 2.28. The quantitative estimate of drug-likeness (QED) is 0.608. The van der Waals surface area contributed by atoms with Crippen LogP contribution in [0.1, 0.15) is 24.2 Å². The Kier molecular flexibility index (Phi) is 4.86. The maximum atomic E-state index is 11.8. The molecule has 1 aromatic rings. The number of nitrogens with zero attached hydrogens (tertiary/aromatic N) is 1. The molecule has 0 radical (unpaired) electrons. The molecule has 18 heavy (non-hydrogen) atoms. The minimum Gasteiger partial charge on any atom is -0.493 e. The van der Waals surface area contributed by atoms with E-state index in [9.17, 15) is 9.59 Å². The maximum Gasteiger partial charge on any atom is 0.351 e. The predicted octanol–water partition coefficient (Wildman–Crippen LogP) is 1.28. The van der Waals surface area contributed by atoms with E-state index in [0.717, 1.165) is 0 Å². The lowest BCUT2D eigenvalue weighted by Crippen LogP contribution is -2.22. The number of amides is 1. The zero-order valence-electron chi connectivity index (χ0n) is 10.1. The molecule has 0 fully saturated rings. The summed E-state index contributed by atoms with van der Waals surface area (Å²) in [6.07, 6.45) is 0. The van der Waals surface area contributed by atoms with Gasteiger partial charge in [0.05, 0.1) is 12.2 Å². The number of rotatable bonds is 5. The first-order valence-corrected chi connectivity index (χ1v) is 5.36. The Balaban J connectivity index is 2.84. The zero-order chi connectivity index (χ0) is 13.5. The Bertz CT molecular complexity index is 483. The van der Waals surface area contributed by atoms with Crippen LogP contribution in [0.3, 0.4) is 0 Å². The van der Waals surface area contributed by atoms with Crippen LogP contribution in [0.15, 0.2) is 29.4 Å². The summed E-state index contributed by atoms with van der Waals surface area (Å²) in [6, 6.07) is 6.66. The van der Waals surface area contributed by atoms with E-state index in [1.165, 1.54) is 6.92 Å². The van der Waals surface area contributed by atoms with E-state index in [4.69, 9.17) is 9.84 Å². The summed E-state index contributed by atoms with van der Waals surface area (Å²) in [4.78, 5) is 22.3. The summed E-state index contributed by atoms with van der Waals surface area (Å²) < 4.78 is 5.29. The molecule has 0 aliphatic rings. The summed E-state index contributed by atoms with van der Waals surface area (Å²) >= 11 is 0. The number of hydrogen-bond donors (Lipinski definition) is 2. The van der Waals surface area contributed by atoms with Gasteiger partial charge < -0.3 is 9.84 Å². The average Bonchev–Trinajstić information content (AvgIpc) is 2.36. The first-order valence-electron chi connectivity index (χ1n) is 5.36.